The normalized spacial score (nSPS) is 15.7. The van der Waals surface area contributed by atoms with E-state index in [9.17, 15) is 14.7 Å². The van der Waals surface area contributed by atoms with Crippen LogP contribution in [0.25, 0.3) is 11.1 Å². The lowest BCUT2D eigenvalue weighted by Crippen LogP contribution is -2.44. The molecule has 0 saturated carbocycles. The number of carbonyl (C=O) groups is 1. The van der Waals surface area contributed by atoms with Gasteiger partial charge in [0.1, 0.15) is 11.5 Å². The van der Waals surface area contributed by atoms with E-state index in [-0.39, 0.29) is 23.5 Å². The molecule has 10 nitrogen and oxygen atoms in total. The zero-order valence-electron chi connectivity index (χ0n) is 27.3. The fourth-order valence-electron chi connectivity index (χ4n) is 6.19. The zero-order valence-corrected chi connectivity index (χ0v) is 27.3. The van der Waals surface area contributed by atoms with Crippen molar-refractivity contribution in [2.75, 3.05) is 66.7 Å². The van der Waals surface area contributed by atoms with Crippen molar-refractivity contribution in [2.24, 2.45) is 7.05 Å². The Kier molecular flexibility index (Phi) is 8.59. The number of hydrogen-bond donors (Lipinski definition) is 3. The fraction of sp³-hybridized carbons (Fsp3) is 0.361. The molecule has 46 heavy (non-hydrogen) atoms. The van der Waals surface area contributed by atoms with Gasteiger partial charge in [-0.1, -0.05) is 39.0 Å². The number of rotatable bonds is 6. The second-order valence-electron chi connectivity index (χ2n) is 13.2. The van der Waals surface area contributed by atoms with Gasteiger partial charge in [0.15, 0.2) is 0 Å². The molecule has 1 saturated heterocycles. The number of benzene rings is 2. The van der Waals surface area contributed by atoms with Crippen LogP contribution < -0.4 is 26.0 Å². The van der Waals surface area contributed by atoms with Crippen molar-refractivity contribution < 1.29 is 9.90 Å². The number of aromatic nitrogens is 2. The molecule has 3 N–H and O–H groups in total. The van der Waals surface area contributed by atoms with Gasteiger partial charge in [-0.2, -0.15) is 0 Å². The monoisotopic (exact) mass is 621 g/mol. The molecule has 0 atom stereocenters. The van der Waals surface area contributed by atoms with Crippen molar-refractivity contribution in [3.63, 3.8) is 0 Å². The average Bonchev–Trinajstić information content (AvgIpc) is 3.21. The number of anilines is 5. The van der Waals surface area contributed by atoms with Crippen LogP contribution in [0.15, 0.2) is 71.8 Å². The van der Waals surface area contributed by atoms with Crippen LogP contribution in [0.4, 0.5) is 28.6 Å². The summed E-state index contributed by atoms with van der Waals surface area (Å²) in [6.45, 7) is 11.1. The minimum atomic E-state index is -0.278. The summed E-state index contributed by atoms with van der Waals surface area (Å²) in [5.74, 6) is 0.445. The number of pyridine rings is 2. The van der Waals surface area contributed by atoms with Crippen molar-refractivity contribution in [1.82, 2.24) is 14.5 Å². The molecule has 0 radical (unpaired) electrons. The summed E-state index contributed by atoms with van der Waals surface area (Å²) in [6, 6.07) is 17.3. The number of nitrogens with zero attached hydrogens (tertiary/aromatic N) is 5. The Morgan fingerprint density at radius 2 is 1.72 bits per heavy atom. The number of carbonyl (C=O) groups excluding carboxylic acids is 1. The summed E-state index contributed by atoms with van der Waals surface area (Å²) in [4.78, 5) is 38.1. The van der Waals surface area contributed by atoms with E-state index in [1.54, 1.807) is 24.2 Å². The number of aryl methyl sites for hydroxylation is 1. The van der Waals surface area contributed by atoms with Crippen LogP contribution in [0.1, 0.15) is 42.3 Å². The van der Waals surface area contributed by atoms with Crippen molar-refractivity contribution in [3.8, 4) is 11.1 Å². The van der Waals surface area contributed by atoms with E-state index < -0.39 is 0 Å². The third kappa shape index (κ3) is 6.23. The molecular weight excluding hydrogens is 578 g/mol. The molecule has 2 aliphatic heterocycles. The Morgan fingerprint density at radius 3 is 2.41 bits per heavy atom. The highest BCUT2D eigenvalue weighted by Gasteiger charge is 2.28. The molecule has 1 fully saturated rings. The topological polar surface area (TPSA) is 106 Å². The lowest BCUT2D eigenvalue weighted by molar-refractivity contribution is 0.0989. The maximum atomic E-state index is 13.9. The van der Waals surface area contributed by atoms with E-state index in [2.05, 4.69) is 59.3 Å². The van der Waals surface area contributed by atoms with Crippen molar-refractivity contribution >= 4 is 34.5 Å². The highest BCUT2D eigenvalue weighted by Crippen LogP contribution is 2.35. The van der Waals surface area contributed by atoms with Gasteiger partial charge in [-0.05, 0) is 60.0 Å². The van der Waals surface area contributed by atoms with Crippen molar-refractivity contribution in [2.45, 2.75) is 32.8 Å². The first-order chi connectivity index (χ1) is 22.0. The smallest absolute Gasteiger partial charge is 0.274 e. The molecule has 2 aromatic heterocycles. The average molecular weight is 622 g/mol. The summed E-state index contributed by atoms with van der Waals surface area (Å²) in [5, 5.41) is 17.3. The van der Waals surface area contributed by atoms with Crippen LogP contribution >= 0.6 is 0 Å². The second-order valence-corrected chi connectivity index (χ2v) is 13.2. The molecular formula is C36H43N7O3. The Bertz CT molecular complexity index is 1800. The number of fused-ring (bicyclic) bond motifs is 1. The summed E-state index contributed by atoms with van der Waals surface area (Å²) < 4.78 is 1.52. The van der Waals surface area contributed by atoms with E-state index in [0.717, 1.165) is 54.2 Å². The third-order valence-electron chi connectivity index (χ3n) is 8.99. The van der Waals surface area contributed by atoms with Crippen LogP contribution in [0.2, 0.25) is 0 Å². The summed E-state index contributed by atoms with van der Waals surface area (Å²) in [5.41, 5.74) is 6.49. The number of likely N-dealkylation sites (N-methyl/N-ethyl adjacent to an activating group) is 1. The van der Waals surface area contributed by atoms with Crippen molar-refractivity contribution in [1.29, 1.82) is 0 Å². The van der Waals surface area contributed by atoms with Gasteiger partial charge in [0, 0.05) is 69.3 Å². The first kappa shape index (κ1) is 31.3. The molecule has 1 amide bonds. The summed E-state index contributed by atoms with van der Waals surface area (Å²) in [6.07, 6.45) is 3.59. The highest BCUT2D eigenvalue weighted by atomic mass is 16.3. The molecule has 4 aromatic rings. The van der Waals surface area contributed by atoms with Crippen LogP contribution in [0, 0.1) is 0 Å². The van der Waals surface area contributed by atoms with Gasteiger partial charge >= 0.3 is 0 Å². The van der Waals surface area contributed by atoms with E-state index in [0.29, 0.717) is 41.4 Å². The lowest BCUT2D eigenvalue weighted by atomic mass is 9.86. The number of hydrogen-bond acceptors (Lipinski definition) is 8. The highest BCUT2D eigenvalue weighted by molar-refractivity contribution is 6.11. The number of aliphatic hydroxyl groups excluding tert-OH is 1. The SMILES string of the molecule is CN1CCN(c2ccc(Nc3cc(-c4cccc(N5CCNc6cc(C(C)(C)C)ccc6C5=O)c4CO)cn(C)c3=O)nc2)CC1. The van der Waals surface area contributed by atoms with Gasteiger partial charge in [-0.3, -0.25) is 9.59 Å². The Hall–Kier alpha value is -4.67. The molecule has 0 bridgehead atoms. The number of nitrogens with one attached hydrogen (secondary N) is 2. The number of aliphatic hydroxyl groups is 1. The van der Waals surface area contributed by atoms with Gasteiger partial charge in [-0.25, -0.2) is 4.98 Å². The predicted molar refractivity (Wildman–Crippen MR) is 186 cm³/mol. The maximum Gasteiger partial charge on any atom is 0.274 e. The summed E-state index contributed by atoms with van der Waals surface area (Å²) >= 11 is 0. The first-order valence-electron chi connectivity index (χ1n) is 15.8. The Morgan fingerprint density at radius 1 is 0.935 bits per heavy atom. The quantitative estimate of drug-likeness (QED) is 0.282. The van der Waals surface area contributed by atoms with Crippen molar-refractivity contribution in [3.05, 3.63) is 94.0 Å². The van der Waals surface area contributed by atoms with E-state index in [1.165, 1.54) is 4.57 Å². The van der Waals surface area contributed by atoms with Crippen LogP contribution in [-0.4, -0.2) is 71.8 Å². The standard InChI is InChI=1S/C36H43N7O3/c1-36(2,3)25-9-11-28-30(20-25)37-13-14-43(34(28)45)32-8-6-7-27(29(32)23-44)24-19-31(35(46)41(5)22-24)39-33-12-10-26(21-38-33)42-17-15-40(4)16-18-42/h6-12,19-22,37,44H,13-18,23H2,1-5H3,(H,38,39). The van der Waals surface area contributed by atoms with Gasteiger partial charge in [-0.15, -0.1) is 0 Å². The fourth-order valence-corrected chi connectivity index (χ4v) is 6.19. The minimum absolute atomic E-state index is 0.0439. The Balaban J connectivity index is 1.30. The summed E-state index contributed by atoms with van der Waals surface area (Å²) in [7, 11) is 3.83. The van der Waals surface area contributed by atoms with Gasteiger partial charge in [0.25, 0.3) is 11.5 Å². The molecule has 10 heteroatoms. The molecule has 2 aromatic carbocycles. The molecule has 0 spiro atoms. The molecule has 240 valence electrons. The molecule has 0 unspecified atom stereocenters. The molecule has 4 heterocycles. The molecule has 6 rings (SSSR count). The third-order valence-corrected chi connectivity index (χ3v) is 8.99. The largest absolute Gasteiger partial charge is 0.392 e. The minimum Gasteiger partial charge on any atom is -0.392 e. The van der Waals surface area contributed by atoms with E-state index in [4.69, 9.17) is 0 Å². The van der Waals surface area contributed by atoms with Gasteiger partial charge in [0.05, 0.1) is 29.7 Å². The van der Waals surface area contributed by atoms with Crippen LogP contribution in [0.3, 0.4) is 0 Å². The van der Waals surface area contributed by atoms with Gasteiger partial charge in [0.2, 0.25) is 0 Å². The maximum absolute atomic E-state index is 13.9. The number of piperazine rings is 1. The lowest BCUT2D eigenvalue weighted by Gasteiger charge is -2.33. The predicted octanol–water partition coefficient (Wildman–Crippen LogP) is 4.80. The Labute approximate surface area is 270 Å². The second kappa shape index (κ2) is 12.6. The van der Waals surface area contributed by atoms with E-state index in [1.807, 2.05) is 48.7 Å². The molecule has 2 aliphatic rings. The van der Waals surface area contributed by atoms with Gasteiger partial charge < -0.3 is 35.0 Å². The van der Waals surface area contributed by atoms with E-state index >= 15 is 0 Å². The van der Waals surface area contributed by atoms with Crippen LogP contribution in [-0.2, 0) is 19.1 Å². The first-order valence-corrected chi connectivity index (χ1v) is 15.8. The molecule has 0 aliphatic carbocycles. The number of amides is 1. The zero-order chi connectivity index (χ0) is 32.6. The van der Waals surface area contributed by atoms with Crippen LogP contribution in [0.5, 0.6) is 0 Å².